The molecule has 5 rings (SSSR count). The fourth-order valence-electron chi connectivity index (χ4n) is 7.62. The molecule has 3 heterocycles. The quantitative estimate of drug-likeness (QED) is 0.205. The van der Waals surface area contributed by atoms with Crippen molar-refractivity contribution in [3.8, 4) is 5.75 Å². The van der Waals surface area contributed by atoms with Gasteiger partial charge in [-0.3, -0.25) is 14.4 Å². The molecule has 0 aliphatic carbocycles. The van der Waals surface area contributed by atoms with E-state index in [2.05, 4.69) is 13.2 Å². The molecule has 10 heteroatoms. The van der Waals surface area contributed by atoms with Crippen LogP contribution < -0.4 is 14.5 Å². The molecular formula is C36H44ClN3O6. The molecule has 0 aromatic heterocycles. The van der Waals surface area contributed by atoms with E-state index in [1.54, 1.807) is 51.1 Å². The maximum absolute atomic E-state index is 14.7. The van der Waals surface area contributed by atoms with Gasteiger partial charge < -0.3 is 29.3 Å². The second-order valence-electron chi connectivity index (χ2n) is 12.4. The number of aliphatic hydroxyl groups excluding tert-OH is 1. The topological polar surface area (TPSA) is 99.6 Å². The first-order valence-corrected chi connectivity index (χ1v) is 16.5. The Balaban J connectivity index is 1.55. The van der Waals surface area contributed by atoms with Crippen LogP contribution >= 0.6 is 11.6 Å². The lowest BCUT2D eigenvalue weighted by Gasteiger charge is -2.37. The molecule has 3 fully saturated rings. The molecule has 3 saturated heterocycles. The van der Waals surface area contributed by atoms with Gasteiger partial charge >= 0.3 is 0 Å². The van der Waals surface area contributed by atoms with Crippen molar-refractivity contribution in [2.24, 2.45) is 11.8 Å². The lowest BCUT2D eigenvalue weighted by Crippen LogP contribution is -2.56. The summed E-state index contributed by atoms with van der Waals surface area (Å²) in [5.74, 6) is -1.71. The summed E-state index contributed by atoms with van der Waals surface area (Å²) in [5.41, 5.74) is -0.828. The van der Waals surface area contributed by atoms with E-state index in [-0.39, 0.29) is 37.4 Å². The summed E-state index contributed by atoms with van der Waals surface area (Å²) in [5, 5.41) is 9.90. The summed E-state index contributed by atoms with van der Waals surface area (Å²) >= 11 is 6.16. The van der Waals surface area contributed by atoms with Gasteiger partial charge in [-0.2, -0.15) is 0 Å². The summed E-state index contributed by atoms with van der Waals surface area (Å²) in [6.45, 7) is 12.9. The molecule has 5 atom stereocenters. The number of rotatable bonds is 15. The maximum atomic E-state index is 14.7. The third-order valence-corrected chi connectivity index (χ3v) is 9.84. The van der Waals surface area contributed by atoms with Crippen LogP contribution in [0, 0.1) is 11.8 Å². The number of hydrogen-bond acceptors (Lipinski definition) is 6. The number of amides is 3. The van der Waals surface area contributed by atoms with E-state index in [1.807, 2.05) is 38.1 Å². The molecule has 0 saturated carbocycles. The first kappa shape index (κ1) is 33.7. The molecule has 2 bridgehead atoms. The average molecular weight is 650 g/mol. The van der Waals surface area contributed by atoms with E-state index < -0.39 is 29.1 Å². The fourth-order valence-corrected chi connectivity index (χ4v) is 7.75. The highest BCUT2D eigenvalue weighted by molar-refractivity contribution is 6.30. The summed E-state index contributed by atoms with van der Waals surface area (Å²) in [6, 6.07) is 13.3. The van der Waals surface area contributed by atoms with Gasteiger partial charge in [-0.25, -0.2) is 0 Å². The third-order valence-electron chi connectivity index (χ3n) is 9.59. The molecule has 2 aromatic carbocycles. The highest BCUT2D eigenvalue weighted by Crippen LogP contribution is 2.63. The zero-order chi connectivity index (χ0) is 33.1. The predicted octanol–water partition coefficient (Wildman–Crippen LogP) is 5.40. The van der Waals surface area contributed by atoms with Gasteiger partial charge in [0, 0.05) is 42.6 Å². The lowest BCUT2D eigenvalue weighted by molar-refractivity contribution is -0.144. The van der Waals surface area contributed by atoms with Crippen molar-refractivity contribution >= 4 is 40.7 Å². The molecule has 3 aliphatic heterocycles. The Labute approximate surface area is 276 Å². The number of nitrogens with zero attached hydrogens (tertiary/aromatic N) is 3. The van der Waals surface area contributed by atoms with Gasteiger partial charge in [0.1, 0.15) is 17.4 Å². The van der Waals surface area contributed by atoms with Crippen molar-refractivity contribution in [2.75, 3.05) is 42.6 Å². The van der Waals surface area contributed by atoms with Crippen LogP contribution in [0.15, 0.2) is 73.8 Å². The second kappa shape index (κ2) is 14.0. The molecule has 2 unspecified atom stereocenters. The van der Waals surface area contributed by atoms with Gasteiger partial charge in [0.25, 0.3) is 5.91 Å². The average Bonchev–Trinajstić information content (AvgIpc) is 3.62. The number of carbonyl (C=O) groups excluding carboxylic acids is 3. The highest BCUT2D eigenvalue weighted by atomic mass is 35.5. The number of fused-ring (bicyclic) bond motifs is 1. The van der Waals surface area contributed by atoms with Crippen molar-refractivity contribution < 1.29 is 29.0 Å². The zero-order valence-corrected chi connectivity index (χ0v) is 27.5. The Hall–Kier alpha value is -3.66. The summed E-state index contributed by atoms with van der Waals surface area (Å²) in [7, 11) is 0. The van der Waals surface area contributed by atoms with Crippen molar-refractivity contribution in [2.45, 2.75) is 63.2 Å². The molecule has 3 aliphatic rings. The minimum absolute atomic E-state index is 0.0509. The molecule has 246 valence electrons. The molecule has 2 aromatic rings. The van der Waals surface area contributed by atoms with Gasteiger partial charge in [0.2, 0.25) is 11.8 Å². The van der Waals surface area contributed by atoms with Gasteiger partial charge in [-0.05, 0) is 94.5 Å². The van der Waals surface area contributed by atoms with Gasteiger partial charge in [-0.15, -0.1) is 13.2 Å². The first-order valence-electron chi connectivity index (χ1n) is 16.1. The van der Waals surface area contributed by atoms with Crippen LogP contribution in [0.5, 0.6) is 5.75 Å². The molecular weight excluding hydrogens is 606 g/mol. The number of hydrogen-bond donors (Lipinski definition) is 1. The van der Waals surface area contributed by atoms with Crippen LogP contribution in [-0.2, 0) is 19.1 Å². The highest BCUT2D eigenvalue weighted by Gasteiger charge is 2.78. The molecule has 1 spiro atoms. The van der Waals surface area contributed by atoms with Gasteiger partial charge in [0.05, 0.1) is 24.0 Å². The van der Waals surface area contributed by atoms with Gasteiger partial charge in [-0.1, -0.05) is 23.8 Å². The Morgan fingerprint density at radius 2 is 1.61 bits per heavy atom. The standard InChI is InChI=1S/C36H44ClN3O6/c1-5-21-38(27-15-17-28(18-16-27)45-7-3)32(42)29-30-33(43)40(23-9-8-10-24-41)31(36(30)20-19-35(29,4)46-36)34(44)39(22-6-2)26-13-11-25(37)12-14-26/h5-6,11-18,29-31,41H,1-2,7-10,19-24H2,3-4H3/t29-,30+,31?,35+,36?/m1/s1. The number of anilines is 2. The van der Waals surface area contributed by atoms with Crippen LogP contribution in [0.25, 0.3) is 0 Å². The number of benzene rings is 2. The molecule has 0 radical (unpaired) electrons. The minimum Gasteiger partial charge on any atom is -0.494 e. The van der Waals surface area contributed by atoms with Gasteiger partial charge in [0.15, 0.2) is 0 Å². The zero-order valence-electron chi connectivity index (χ0n) is 26.7. The monoisotopic (exact) mass is 649 g/mol. The number of carbonyl (C=O) groups is 3. The number of halogens is 1. The van der Waals surface area contributed by atoms with E-state index in [4.69, 9.17) is 21.1 Å². The third kappa shape index (κ3) is 5.96. The van der Waals surface area contributed by atoms with Crippen molar-refractivity contribution in [3.63, 3.8) is 0 Å². The minimum atomic E-state index is -1.18. The Kier molecular flexibility index (Phi) is 10.2. The molecule has 9 nitrogen and oxygen atoms in total. The van der Waals surface area contributed by atoms with Crippen LogP contribution in [0.3, 0.4) is 0 Å². The predicted molar refractivity (Wildman–Crippen MR) is 179 cm³/mol. The van der Waals surface area contributed by atoms with E-state index in [9.17, 15) is 19.5 Å². The van der Waals surface area contributed by atoms with E-state index >= 15 is 0 Å². The van der Waals surface area contributed by atoms with Crippen LogP contribution in [-0.4, -0.2) is 77.8 Å². The van der Waals surface area contributed by atoms with Crippen molar-refractivity contribution in [1.82, 2.24) is 4.90 Å². The Morgan fingerprint density at radius 1 is 1.00 bits per heavy atom. The number of aliphatic hydroxyl groups is 1. The van der Waals surface area contributed by atoms with E-state index in [0.717, 1.165) is 0 Å². The summed E-state index contributed by atoms with van der Waals surface area (Å²) in [6.07, 6.45) is 6.20. The van der Waals surface area contributed by atoms with Crippen molar-refractivity contribution in [3.05, 3.63) is 78.9 Å². The molecule has 1 N–H and O–H groups in total. The van der Waals surface area contributed by atoms with E-state index in [1.165, 1.54) is 0 Å². The first-order chi connectivity index (χ1) is 22.2. The smallest absolute Gasteiger partial charge is 0.253 e. The SMILES string of the molecule is C=CCN(C(=O)C1N(CCCCCO)C(=O)[C@@H]2[C@H](C(=O)N(CC=C)c3ccc(OCC)cc3)[C@]3(C)CCC12O3)c1ccc(Cl)cc1. The Bertz CT molecular complexity index is 1450. The van der Waals surface area contributed by atoms with Crippen LogP contribution in [0.2, 0.25) is 5.02 Å². The van der Waals surface area contributed by atoms with Crippen LogP contribution in [0.4, 0.5) is 11.4 Å². The number of unbranched alkanes of at least 4 members (excludes halogenated alkanes) is 2. The maximum Gasteiger partial charge on any atom is 0.253 e. The van der Waals surface area contributed by atoms with Crippen molar-refractivity contribution in [1.29, 1.82) is 0 Å². The summed E-state index contributed by atoms with van der Waals surface area (Å²) < 4.78 is 12.5. The van der Waals surface area contributed by atoms with Crippen LogP contribution in [0.1, 0.15) is 46.0 Å². The fraction of sp³-hybridized carbons (Fsp3) is 0.472. The lowest BCUT2D eigenvalue weighted by atomic mass is 9.66. The second-order valence-corrected chi connectivity index (χ2v) is 12.9. The normalized spacial score (nSPS) is 26.1. The summed E-state index contributed by atoms with van der Waals surface area (Å²) in [4.78, 5) is 48.8. The number of ether oxygens (including phenoxy) is 2. The molecule has 3 amide bonds. The largest absolute Gasteiger partial charge is 0.494 e. The van der Waals surface area contributed by atoms with E-state index in [0.29, 0.717) is 67.4 Å². The number of likely N-dealkylation sites (tertiary alicyclic amines) is 1. The molecule has 46 heavy (non-hydrogen) atoms. The Morgan fingerprint density at radius 3 is 2.20 bits per heavy atom.